The molecule has 1 saturated heterocycles. The molecule has 4 rings (SSSR count). The minimum atomic E-state index is -0.0948. The van der Waals surface area contributed by atoms with Gasteiger partial charge in [-0.3, -0.25) is 9.59 Å². The molecular formula is C24H26N2O3. The molecule has 3 aromatic rings. The lowest BCUT2D eigenvalue weighted by Crippen LogP contribution is -2.43. The Kier molecular flexibility index (Phi) is 5.65. The standard InChI is InChI=1S/C24H26N2O3/c1-18-9-7-8-14-26(18)24(28)16-25-15-21(20-12-5-6-13-22(20)25)23(27)17-29-19-10-3-2-4-11-19/h2-6,10-13,15,18H,7-9,14,16-17H2,1H3/t18-/m0/s1. The van der Waals surface area contributed by atoms with Crippen molar-refractivity contribution in [3.63, 3.8) is 0 Å². The summed E-state index contributed by atoms with van der Waals surface area (Å²) in [5, 5.41) is 0.855. The Morgan fingerprint density at radius 1 is 1.03 bits per heavy atom. The van der Waals surface area contributed by atoms with Crippen LogP contribution in [0.2, 0.25) is 0 Å². The van der Waals surface area contributed by atoms with Crippen molar-refractivity contribution >= 4 is 22.6 Å². The first-order chi connectivity index (χ1) is 14.1. The van der Waals surface area contributed by atoms with Crippen LogP contribution in [0.1, 0.15) is 36.5 Å². The first-order valence-corrected chi connectivity index (χ1v) is 10.2. The minimum Gasteiger partial charge on any atom is -0.485 e. The van der Waals surface area contributed by atoms with E-state index in [-0.39, 0.29) is 30.9 Å². The monoisotopic (exact) mass is 390 g/mol. The first-order valence-electron chi connectivity index (χ1n) is 10.2. The lowest BCUT2D eigenvalue weighted by molar-refractivity contribution is -0.135. The summed E-state index contributed by atoms with van der Waals surface area (Å²) >= 11 is 0. The average Bonchev–Trinajstić information content (AvgIpc) is 3.11. The van der Waals surface area contributed by atoms with E-state index in [1.165, 1.54) is 6.42 Å². The summed E-state index contributed by atoms with van der Waals surface area (Å²) in [4.78, 5) is 27.7. The average molecular weight is 390 g/mol. The number of Topliss-reactive ketones (excluding diaryl/α,β-unsaturated/α-hetero) is 1. The van der Waals surface area contributed by atoms with Gasteiger partial charge in [0.15, 0.2) is 6.61 Å². The number of fused-ring (bicyclic) bond motifs is 1. The zero-order valence-electron chi connectivity index (χ0n) is 16.7. The number of likely N-dealkylation sites (tertiary alicyclic amines) is 1. The molecule has 150 valence electrons. The highest BCUT2D eigenvalue weighted by molar-refractivity contribution is 6.09. The summed E-state index contributed by atoms with van der Waals surface area (Å²) in [6, 6.07) is 17.3. The van der Waals surface area contributed by atoms with Gasteiger partial charge in [-0.25, -0.2) is 0 Å². The Bertz CT molecular complexity index is 1010. The molecule has 5 nitrogen and oxygen atoms in total. The largest absolute Gasteiger partial charge is 0.485 e. The number of para-hydroxylation sites is 2. The van der Waals surface area contributed by atoms with Gasteiger partial charge in [0, 0.05) is 35.2 Å². The van der Waals surface area contributed by atoms with Crippen molar-refractivity contribution in [1.29, 1.82) is 0 Å². The molecule has 0 N–H and O–H groups in total. The SMILES string of the molecule is C[C@H]1CCCCN1C(=O)Cn1cc(C(=O)COc2ccccc2)c2ccccc21. The highest BCUT2D eigenvalue weighted by Gasteiger charge is 2.24. The van der Waals surface area contributed by atoms with E-state index in [4.69, 9.17) is 4.74 Å². The van der Waals surface area contributed by atoms with Crippen LogP contribution in [0.3, 0.4) is 0 Å². The number of hydrogen-bond donors (Lipinski definition) is 0. The number of nitrogens with zero attached hydrogens (tertiary/aromatic N) is 2. The Hall–Kier alpha value is -3.08. The van der Waals surface area contributed by atoms with Crippen molar-refractivity contribution in [2.75, 3.05) is 13.2 Å². The van der Waals surface area contributed by atoms with Gasteiger partial charge in [0.1, 0.15) is 12.3 Å². The third-order valence-electron chi connectivity index (χ3n) is 5.63. The summed E-state index contributed by atoms with van der Waals surface area (Å²) in [5.41, 5.74) is 1.49. The molecule has 1 aromatic heterocycles. The number of amides is 1. The topological polar surface area (TPSA) is 51.5 Å². The van der Waals surface area contributed by atoms with Crippen LogP contribution < -0.4 is 4.74 Å². The maximum atomic E-state index is 12.9. The molecular weight excluding hydrogens is 364 g/mol. The molecule has 1 aliphatic rings. The van der Waals surface area contributed by atoms with Crippen LogP contribution in [0.5, 0.6) is 5.75 Å². The van der Waals surface area contributed by atoms with Crippen LogP contribution in [0.25, 0.3) is 10.9 Å². The van der Waals surface area contributed by atoms with E-state index >= 15 is 0 Å². The smallest absolute Gasteiger partial charge is 0.242 e. The van der Waals surface area contributed by atoms with Crippen LogP contribution in [-0.4, -0.2) is 40.4 Å². The summed E-state index contributed by atoms with van der Waals surface area (Å²) in [6.45, 7) is 3.14. The van der Waals surface area contributed by atoms with Crippen LogP contribution in [0, 0.1) is 0 Å². The number of aromatic nitrogens is 1. The number of carbonyl (C=O) groups excluding carboxylic acids is 2. The van der Waals surface area contributed by atoms with Crippen molar-refractivity contribution in [3.05, 3.63) is 66.4 Å². The molecule has 0 saturated carbocycles. The number of piperidine rings is 1. The van der Waals surface area contributed by atoms with Gasteiger partial charge >= 0.3 is 0 Å². The maximum Gasteiger partial charge on any atom is 0.242 e. The number of hydrogen-bond acceptors (Lipinski definition) is 3. The van der Waals surface area contributed by atoms with Gasteiger partial charge in [0.25, 0.3) is 0 Å². The highest BCUT2D eigenvalue weighted by atomic mass is 16.5. The zero-order chi connectivity index (χ0) is 20.2. The van der Waals surface area contributed by atoms with E-state index in [0.29, 0.717) is 11.3 Å². The Morgan fingerprint density at radius 3 is 2.59 bits per heavy atom. The Morgan fingerprint density at radius 2 is 1.79 bits per heavy atom. The van der Waals surface area contributed by atoms with Crippen LogP contribution >= 0.6 is 0 Å². The lowest BCUT2D eigenvalue weighted by atomic mass is 10.0. The fraction of sp³-hybridized carbons (Fsp3) is 0.333. The van der Waals surface area contributed by atoms with Crippen molar-refractivity contribution in [1.82, 2.24) is 9.47 Å². The molecule has 1 fully saturated rings. The van der Waals surface area contributed by atoms with Gasteiger partial charge in [0.05, 0.1) is 0 Å². The second kappa shape index (κ2) is 8.52. The van der Waals surface area contributed by atoms with Crippen molar-refractivity contribution < 1.29 is 14.3 Å². The fourth-order valence-electron chi connectivity index (χ4n) is 4.05. The molecule has 0 spiro atoms. The predicted molar refractivity (Wildman–Crippen MR) is 113 cm³/mol. The fourth-order valence-corrected chi connectivity index (χ4v) is 4.05. The summed E-state index contributed by atoms with van der Waals surface area (Å²) in [6.07, 6.45) is 5.09. The molecule has 1 aliphatic heterocycles. The number of carbonyl (C=O) groups is 2. The quantitative estimate of drug-likeness (QED) is 0.590. The van der Waals surface area contributed by atoms with Crippen molar-refractivity contribution in [2.24, 2.45) is 0 Å². The number of rotatable bonds is 6. The number of ether oxygens (including phenoxy) is 1. The second-order valence-corrected chi connectivity index (χ2v) is 7.64. The molecule has 2 aromatic carbocycles. The third-order valence-corrected chi connectivity index (χ3v) is 5.63. The summed E-state index contributed by atoms with van der Waals surface area (Å²) in [7, 11) is 0. The van der Waals surface area contributed by atoms with Gasteiger partial charge in [-0.05, 0) is 44.4 Å². The Labute approximate surface area is 170 Å². The number of benzene rings is 2. The highest BCUT2D eigenvalue weighted by Crippen LogP contribution is 2.24. The minimum absolute atomic E-state index is 0.0326. The molecule has 0 radical (unpaired) electrons. The van der Waals surface area contributed by atoms with Crippen LogP contribution in [-0.2, 0) is 11.3 Å². The molecule has 1 atom stereocenters. The van der Waals surface area contributed by atoms with E-state index in [2.05, 4.69) is 6.92 Å². The van der Waals surface area contributed by atoms with Gasteiger partial charge in [-0.1, -0.05) is 36.4 Å². The summed E-state index contributed by atoms with van der Waals surface area (Å²) < 4.78 is 7.53. The molecule has 1 amide bonds. The van der Waals surface area contributed by atoms with E-state index < -0.39 is 0 Å². The molecule has 0 unspecified atom stereocenters. The summed E-state index contributed by atoms with van der Waals surface area (Å²) in [5.74, 6) is 0.680. The second-order valence-electron chi connectivity index (χ2n) is 7.64. The third kappa shape index (κ3) is 4.19. The Balaban J connectivity index is 1.54. The predicted octanol–water partition coefficient (Wildman–Crippen LogP) is 4.30. The van der Waals surface area contributed by atoms with E-state index in [1.54, 1.807) is 6.20 Å². The normalized spacial score (nSPS) is 16.7. The van der Waals surface area contributed by atoms with E-state index in [0.717, 1.165) is 30.3 Å². The van der Waals surface area contributed by atoms with E-state index in [1.807, 2.05) is 64.1 Å². The van der Waals surface area contributed by atoms with Crippen molar-refractivity contribution in [2.45, 2.75) is 38.8 Å². The van der Waals surface area contributed by atoms with Crippen LogP contribution in [0.15, 0.2) is 60.8 Å². The molecule has 0 aliphatic carbocycles. The van der Waals surface area contributed by atoms with Gasteiger partial charge in [-0.15, -0.1) is 0 Å². The molecule has 2 heterocycles. The zero-order valence-corrected chi connectivity index (χ0v) is 16.7. The van der Waals surface area contributed by atoms with Gasteiger partial charge in [-0.2, -0.15) is 0 Å². The molecule has 5 heteroatoms. The lowest BCUT2D eigenvalue weighted by Gasteiger charge is -2.33. The molecule has 0 bridgehead atoms. The van der Waals surface area contributed by atoms with Crippen molar-refractivity contribution in [3.8, 4) is 5.75 Å². The van der Waals surface area contributed by atoms with Crippen LogP contribution in [0.4, 0.5) is 0 Å². The molecule has 29 heavy (non-hydrogen) atoms. The van der Waals surface area contributed by atoms with Gasteiger partial charge < -0.3 is 14.2 Å². The maximum absolute atomic E-state index is 12.9. The number of ketones is 1. The van der Waals surface area contributed by atoms with E-state index in [9.17, 15) is 9.59 Å². The van der Waals surface area contributed by atoms with Gasteiger partial charge in [0.2, 0.25) is 11.7 Å². The first kappa shape index (κ1) is 19.2.